The summed E-state index contributed by atoms with van der Waals surface area (Å²) in [4.78, 5) is 16.3. The van der Waals surface area contributed by atoms with Crippen LogP contribution in [0, 0.1) is 0 Å². The van der Waals surface area contributed by atoms with E-state index in [9.17, 15) is 4.79 Å². The first kappa shape index (κ1) is 18.2. The van der Waals surface area contributed by atoms with Crippen molar-refractivity contribution in [1.82, 2.24) is 0 Å². The van der Waals surface area contributed by atoms with Crippen LogP contribution in [0.25, 0.3) is 6.08 Å². The Balaban J connectivity index is 1.71. The van der Waals surface area contributed by atoms with Crippen LogP contribution in [0.5, 0.6) is 5.75 Å². The van der Waals surface area contributed by atoms with Gasteiger partial charge in [0.1, 0.15) is 5.75 Å². The zero-order valence-corrected chi connectivity index (χ0v) is 15.3. The number of hydrogen-bond acceptors (Lipinski definition) is 4. The van der Waals surface area contributed by atoms with Gasteiger partial charge < -0.3 is 9.47 Å². The number of esters is 1. The summed E-state index contributed by atoms with van der Waals surface area (Å²) in [5, 5.41) is 0.491. The van der Waals surface area contributed by atoms with Gasteiger partial charge in [0.05, 0.1) is 17.2 Å². The Hall–Kier alpha value is -2.59. The molecule has 0 bridgehead atoms. The van der Waals surface area contributed by atoms with Gasteiger partial charge in [-0.15, -0.1) is 0 Å². The number of unbranched alkanes of at least 4 members (excludes halogenated alkanes) is 2. The lowest BCUT2D eigenvalue weighted by molar-refractivity contribution is -0.129. The van der Waals surface area contributed by atoms with Crippen molar-refractivity contribution in [2.24, 2.45) is 4.99 Å². The van der Waals surface area contributed by atoms with Crippen molar-refractivity contribution >= 4 is 29.5 Å². The van der Waals surface area contributed by atoms with Crippen LogP contribution < -0.4 is 4.74 Å². The molecule has 0 aromatic heterocycles. The van der Waals surface area contributed by atoms with Gasteiger partial charge >= 0.3 is 5.97 Å². The van der Waals surface area contributed by atoms with Gasteiger partial charge in [-0.25, -0.2) is 9.79 Å². The fraction of sp³-hybridized carbons (Fsp3) is 0.238. The van der Waals surface area contributed by atoms with E-state index < -0.39 is 5.97 Å². The van der Waals surface area contributed by atoms with Crippen molar-refractivity contribution in [3.8, 4) is 5.75 Å². The monoisotopic (exact) mass is 369 g/mol. The maximum Gasteiger partial charge on any atom is 0.363 e. The van der Waals surface area contributed by atoms with E-state index in [-0.39, 0.29) is 11.6 Å². The largest absolute Gasteiger partial charge is 0.494 e. The summed E-state index contributed by atoms with van der Waals surface area (Å²) in [6.07, 6.45) is 5.07. The normalized spacial score (nSPS) is 15.1. The standard InChI is InChI=1S/C21H20ClNO3/c1-2-3-6-13-25-16-11-9-15(10-12-16)14-19-21(24)26-20(23-19)17-7-4-5-8-18(17)22/h4-5,7-12,14H,2-3,6,13H2,1H3/b19-14-. The molecule has 0 atom stereocenters. The first-order valence-electron chi connectivity index (χ1n) is 8.67. The fourth-order valence-electron chi connectivity index (χ4n) is 2.52. The average Bonchev–Trinajstić information content (AvgIpc) is 3.01. The molecule has 0 spiro atoms. The maximum absolute atomic E-state index is 12.1. The highest BCUT2D eigenvalue weighted by Crippen LogP contribution is 2.24. The van der Waals surface area contributed by atoms with Crippen molar-refractivity contribution in [2.45, 2.75) is 26.2 Å². The summed E-state index contributed by atoms with van der Waals surface area (Å²) in [5.41, 5.74) is 1.69. The van der Waals surface area contributed by atoms with E-state index in [4.69, 9.17) is 21.1 Å². The zero-order valence-electron chi connectivity index (χ0n) is 14.6. The molecule has 1 heterocycles. The zero-order chi connectivity index (χ0) is 18.4. The van der Waals surface area contributed by atoms with Gasteiger partial charge in [-0.1, -0.05) is 55.6 Å². The topological polar surface area (TPSA) is 47.9 Å². The van der Waals surface area contributed by atoms with Crippen molar-refractivity contribution in [3.63, 3.8) is 0 Å². The minimum absolute atomic E-state index is 0.225. The Morgan fingerprint density at radius 3 is 2.62 bits per heavy atom. The average molecular weight is 370 g/mol. The van der Waals surface area contributed by atoms with E-state index >= 15 is 0 Å². The molecule has 4 nitrogen and oxygen atoms in total. The van der Waals surface area contributed by atoms with E-state index in [2.05, 4.69) is 11.9 Å². The Morgan fingerprint density at radius 1 is 1.12 bits per heavy atom. The fourth-order valence-corrected chi connectivity index (χ4v) is 2.74. The van der Waals surface area contributed by atoms with E-state index in [1.54, 1.807) is 18.2 Å². The van der Waals surface area contributed by atoms with E-state index in [0.717, 1.165) is 24.2 Å². The molecule has 0 saturated carbocycles. The molecular formula is C21H20ClNO3. The molecule has 0 saturated heterocycles. The van der Waals surface area contributed by atoms with Crippen LogP contribution in [0.1, 0.15) is 37.3 Å². The number of carbonyl (C=O) groups excluding carboxylic acids is 1. The predicted molar refractivity (Wildman–Crippen MR) is 104 cm³/mol. The molecular weight excluding hydrogens is 350 g/mol. The van der Waals surface area contributed by atoms with Crippen LogP contribution in [-0.4, -0.2) is 18.5 Å². The summed E-state index contributed by atoms with van der Waals surface area (Å²) in [6.45, 7) is 2.88. The lowest BCUT2D eigenvalue weighted by Crippen LogP contribution is -2.05. The van der Waals surface area contributed by atoms with E-state index in [1.807, 2.05) is 36.4 Å². The first-order valence-corrected chi connectivity index (χ1v) is 9.05. The Morgan fingerprint density at radius 2 is 1.88 bits per heavy atom. The maximum atomic E-state index is 12.1. The molecule has 2 aromatic carbocycles. The molecule has 1 aliphatic heterocycles. The molecule has 0 amide bonds. The van der Waals surface area contributed by atoms with Crippen LogP contribution in [0.15, 0.2) is 59.2 Å². The highest BCUT2D eigenvalue weighted by Gasteiger charge is 2.25. The molecule has 0 aliphatic carbocycles. The summed E-state index contributed by atoms with van der Waals surface area (Å²) < 4.78 is 10.9. The highest BCUT2D eigenvalue weighted by molar-refractivity contribution is 6.34. The quantitative estimate of drug-likeness (QED) is 0.380. The number of halogens is 1. The van der Waals surface area contributed by atoms with Crippen molar-refractivity contribution < 1.29 is 14.3 Å². The second-order valence-corrected chi connectivity index (χ2v) is 6.35. The number of rotatable bonds is 7. The predicted octanol–water partition coefficient (Wildman–Crippen LogP) is 5.25. The molecule has 5 heteroatoms. The molecule has 1 aliphatic rings. The van der Waals surface area contributed by atoms with E-state index in [1.165, 1.54) is 6.42 Å². The van der Waals surface area contributed by atoms with Gasteiger partial charge in [-0.3, -0.25) is 0 Å². The minimum Gasteiger partial charge on any atom is -0.494 e. The van der Waals surface area contributed by atoms with Crippen molar-refractivity contribution in [1.29, 1.82) is 0 Å². The SMILES string of the molecule is CCCCCOc1ccc(/C=C2\N=C(c3ccccc3Cl)OC2=O)cc1. The van der Waals surface area contributed by atoms with E-state index in [0.29, 0.717) is 17.2 Å². The highest BCUT2D eigenvalue weighted by atomic mass is 35.5. The van der Waals surface area contributed by atoms with Crippen molar-refractivity contribution in [3.05, 3.63) is 70.4 Å². The van der Waals surface area contributed by atoms with Crippen LogP contribution in [0.4, 0.5) is 0 Å². The third-order valence-corrected chi connectivity index (χ3v) is 4.25. The smallest absolute Gasteiger partial charge is 0.363 e. The van der Waals surface area contributed by atoms with Gasteiger partial charge in [-0.2, -0.15) is 0 Å². The summed E-state index contributed by atoms with van der Waals surface area (Å²) in [6, 6.07) is 14.7. The number of cyclic esters (lactones) is 1. The molecule has 3 rings (SSSR count). The number of ether oxygens (including phenoxy) is 2. The second kappa shape index (κ2) is 8.68. The Bertz CT molecular complexity index is 841. The van der Waals surface area contributed by atoms with Gasteiger partial charge in [0, 0.05) is 0 Å². The third-order valence-electron chi connectivity index (χ3n) is 3.92. The van der Waals surface area contributed by atoms with Crippen LogP contribution in [-0.2, 0) is 9.53 Å². The Labute approximate surface area is 158 Å². The van der Waals surface area contributed by atoms with Gasteiger partial charge in [0.25, 0.3) is 0 Å². The molecule has 0 N–H and O–H groups in total. The number of aliphatic imine (C=N–C) groups is 1. The molecule has 26 heavy (non-hydrogen) atoms. The summed E-state index contributed by atoms with van der Waals surface area (Å²) in [7, 11) is 0. The molecule has 2 aromatic rings. The van der Waals surface area contributed by atoms with Crippen LogP contribution in [0.3, 0.4) is 0 Å². The second-order valence-electron chi connectivity index (χ2n) is 5.94. The first-order chi connectivity index (χ1) is 12.7. The molecule has 0 radical (unpaired) electrons. The lowest BCUT2D eigenvalue weighted by Gasteiger charge is -2.05. The van der Waals surface area contributed by atoms with Gasteiger partial charge in [0.15, 0.2) is 5.70 Å². The molecule has 0 unspecified atom stereocenters. The van der Waals surface area contributed by atoms with Gasteiger partial charge in [0.2, 0.25) is 5.90 Å². The summed E-state index contributed by atoms with van der Waals surface area (Å²) >= 11 is 6.13. The minimum atomic E-state index is -0.486. The van der Waals surface area contributed by atoms with Gasteiger partial charge in [-0.05, 0) is 42.3 Å². The lowest BCUT2D eigenvalue weighted by atomic mass is 10.2. The summed E-state index contributed by atoms with van der Waals surface area (Å²) in [5.74, 6) is 0.556. The third kappa shape index (κ3) is 4.52. The van der Waals surface area contributed by atoms with Crippen molar-refractivity contribution in [2.75, 3.05) is 6.61 Å². The molecule has 134 valence electrons. The number of benzene rings is 2. The van der Waals surface area contributed by atoms with Crippen LogP contribution >= 0.6 is 11.6 Å². The molecule has 0 fully saturated rings. The Kier molecular flexibility index (Phi) is 6.08. The van der Waals surface area contributed by atoms with Crippen LogP contribution in [0.2, 0.25) is 5.02 Å². The number of carbonyl (C=O) groups is 1. The number of hydrogen-bond donors (Lipinski definition) is 0. The number of nitrogens with zero attached hydrogens (tertiary/aromatic N) is 1.